The van der Waals surface area contributed by atoms with Gasteiger partial charge in [-0.3, -0.25) is 0 Å². The Morgan fingerprint density at radius 1 is 1.26 bits per heavy atom. The van der Waals surface area contributed by atoms with Crippen LogP contribution in [0, 0.1) is 0 Å². The van der Waals surface area contributed by atoms with E-state index in [-0.39, 0.29) is 6.10 Å². The molecule has 23 heavy (non-hydrogen) atoms. The number of pyridine rings is 1. The highest BCUT2D eigenvalue weighted by molar-refractivity contribution is 6.45. The van der Waals surface area contributed by atoms with Gasteiger partial charge in [-0.05, 0) is 18.6 Å². The first kappa shape index (κ1) is 14.8. The van der Waals surface area contributed by atoms with Crippen LogP contribution in [0.5, 0.6) is 0 Å². The first-order valence-electron chi connectivity index (χ1n) is 7.33. The Labute approximate surface area is 143 Å². The zero-order chi connectivity index (χ0) is 16.0. The summed E-state index contributed by atoms with van der Waals surface area (Å²) in [6.45, 7) is 1.33. The van der Waals surface area contributed by atoms with Crippen LogP contribution < -0.4 is 4.90 Å². The summed E-state index contributed by atoms with van der Waals surface area (Å²) >= 11 is 12.5. The van der Waals surface area contributed by atoms with E-state index in [4.69, 9.17) is 23.2 Å². The van der Waals surface area contributed by atoms with Gasteiger partial charge in [0.15, 0.2) is 0 Å². The van der Waals surface area contributed by atoms with Crippen molar-refractivity contribution in [3.8, 4) is 5.69 Å². The lowest BCUT2D eigenvalue weighted by molar-refractivity contribution is 0.198. The molecular weight excluding hydrogens is 335 g/mol. The van der Waals surface area contributed by atoms with Crippen LogP contribution in [0.3, 0.4) is 0 Å². The molecule has 0 bridgehead atoms. The van der Waals surface area contributed by atoms with Crippen LogP contribution in [0.15, 0.2) is 36.9 Å². The molecule has 1 atom stereocenters. The molecule has 0 spiro atoms. The van der Waals surface area contributed by atoms with Gasteiger partial charge in [-0.15, -0.1) is 0 Å². The fourth-order valence-electron chi connectivity index (χ4n) is 2.93. The van der Waals surface area contributed by atoms with Crippen molar-refractivity contribution in [2.75, 3.05) is 18.0 Å². The summed E-state index contributed by atoms with van der Waals surface area (Å²) in [6, 6.07) is 5.67. The molecule has 1 aliphatic heterocycles. The maximum atomic E-state index is 9.79. The Morgan fingerprint density at radius 2 is 2.13 bits per heavy atom. The molecule has 1 fully saturated rings. The number of fused-ring (bicyclic) bond motifs is 1. The van der Waals surface area contributed by atoms with Gasteiger partial charge in [0, 0.05) is 36.9 Å². The molecule has 2 aromatic heterocycles. The van der Waals surface area contributed by atoms with Crippen molar-refractivity contribution in [3.05, 3.63) is 47.0 Å². The molecule has 3 aromatic rings. The predicted molar refractivity (Wildman–Crippen MR) is 91.7 cm³/mol. The average Bonchev–Trinajstić information content (AvgIpc) is 3.21. The van der Waals surface area contributed by atoms with E-state index in [2.05, 4.69) is 14.9 Å². The van der Waals surface area contributed by atoms with Crippen LogP contribution in [-0.2, 0) is 0 Å². The zero-order valence-electron chi connectivity index (χ0n) is 12.2. The van der Waals surface area contributed by atoms with Crippen LogP contribution in [0.1, 0.15) is 6.42 Å². The van der Waals surface area contributed by atoms with Crippen LogP contribution in [0.4, 0.5) is 5.82 Å². The van der Waals surface area contributed by atoms with E-state index < -0.39 is 0 Å². The molecule has 0 radical (unpaired) electrons. The standard InChI is InChI=1S/C16H14Cl2N4O/c17-12-2-1-11-13(22-6-4-19-9-22)7-14(20-16(11)15(12)18)21-5-3-10(23)8-21/h1-2,4,6-7,9-10,23H,3,5,8H2. The summed E-state index contributed by atoms with van der Waals surface area (Å²) in [5, 5.41) is 11.6. The molecule has 0 amide bonds. The van der Waals surface area contributed by atoms with Crippen molar-refractivity contribution in [2.24, 2.45) is 0 Å². The SMILES string of the molecule is OC1CCN(c2cc(-n3ccnc3)c3ccc(Cl)c(Cl)c3n2)C1. The number of hydrogen-bond donors (Lipinski definition) is 1. The minimum Gasteiger partial charge on any atom is -0.391 e. The molecule has 1 saturated heterocycles. The molecule has 118 valence electrons. The third kappa shape index (κ3) is 2.55. The highest BCUT2D eigenvalue weighted by Crippen LogP contribution is 2.35. The van der Waals surface area contributed by atoms with Gasteiger partial charge in [0.25, 0.3) is 0 Å². The fourth-order valence-corrected chi connectivity index (χ4v) is 3.29. The van der Waals surface area contributed by atoms with Crippen LogP contribution in [0.2, 0.25) is 10.0 Å². The quantitative estimate of drug-likeness (QED) is 0.771. The summed E-state index contributed by atoms with van der Waals surface area (Å²) in [6.07, 6.45) is 5.76. The number of imidazole rings is 1. The maximum Gasteiger partial charge on any atom is 0.131 e. The van der Waals surface area contributed by atoms with E-state index in [1.54, 1.807) is 18.6 Å². The third-order valence-electron chi connectivity index (χ3n) is 4.11. The molecule has 0 aliphatic carbocycles. The molecule has 4 rings (SSSR count). The lowest BCUT2D eigenvalue weighted by atomic mass is 10.1. The van der Waals surface area contributed by atoms with E-state index in [0.29, 0.717) is 22.1 Å². The lowest BCUT2D eigenvalue weighted by Crippen LogP contribution is -2.22. The van der Waals surface area contributed by atoms with Crippen LogP contribution >= 0.6 is 23.2 Å². The average molecular weight is 349 g/mol. The summed E-state index contributed by atoms with van der Waals surface area (Å²) in [5.41, 5.74) is 1.59. The first-order valence-corrected chi connectivity index (χ1v) is 8.09. The number of aliphatic hydroxyl groups is 1. The predicted octanol–water partition coefficient (Wildman–Crippen LogP) is 3.30. The van der Waals surface area contributed by atoms with Crippen molar-refractivity contribution in [1.82, 2.24) is 14.5 Å². The van der Waals surface area contributed by atoms with E-state index in [0.717, 1.165) is 29.9 Å². The van der Waals surface area contributed by atoms with E-state index in [1.165, 1.54) is 0 Å². The number of rotatable bonds is 2. The molecule has 0 saturated carbocycles. The van der Waals surface area contributed by atoms with Gasteiger partial charge < -0.3 is 14.6 Å². The molecule has 1 unspecified atom stereocenters. The normalized spacial score (nSPS) is 18.0. The van der Waals surface area contributed by atoms with Crippen molar-refractivity contribution >= 4 is 39.9 Å². The second-order valence-electron chi connectivity index (χ2n) is 5.62. The van der Waals surface area contributed by atoms with E-state index >= 15 is 0 Å². The summed E-state index contributed by atoms with van der Waals surface area (Å²) in [5.74, 6) is 0.780. The van der Waals surface area contributed by atoms with Crippen molar-refractivity contribution in [2.45, 2.75) is 12.5 Å². The molecule has 1 aliphatic rings. The topological polar surface area (TPSA) is 54.2 Å². The van der Waals surface area contributed by atoms with Gasteiger partial charge in [0.1, 0.15) is 5.82 Å². The highest BCUT2D eigenvalue weighted by atomic mass is 35.5. The summed E-state index contributed by atoms with van der Waals surface area (Å²) < 4.78 is 1.92. The zero-order valence-corrected chi connectivity index (χ0v) is 13.7. The maximum absolute atomic E-state index is 9.79. The summed E-state index contributed by atoms with van der Waals surface area (Å²) in [7, 11) is 0. The Kier molecular flexibility index (Phi) is 3.64. The molecule has 1 N–H and O–H groups in total. The lowest BCUT2D eigenvalue weighted by Gasteiger charge is -2.19. The summed E-state index contributed by atoms with van der Waals surface area (Å²) in [4.78, 5) is 10.9. The number of anilines is 1. The number of halogens is 2. The van der Waals surface area contributed by atoms with Crippen molar-refractivity contribution < 1.29 is 5.11 Å². The van der Waals surface area contributed by atoms with Crippen molar-refractivity contribution in [1.29, 1.82) is 0 Å². The van der Waals surface area contributed by atoms with Gasteiger partial charge in [-0.2, -0.15) is 0 Å². The van der Waals surface area contributed by atoms with Gasteiger partial charge in [-0.25, -0.2) is 9.97 Å². The second kappa shape index (κ2) is 5.67. The minimum atomic E-state index is -0.320. The minimum absolute atomic E-state index is 0.320. The van der Waals surface area contributed by atoms with E-state index in [9.17, 15) is 5.11 Å². The van der Waals surface area contributed by atoms with E-state index in [1.807, 2.05) is 22.9 Å². The smallest absolute Gasteiger partial charge is 0.131 e. The van der Waals surface area contributed by atoms with Crippen molar-refractivity contribution in [3.63, 3.8) is 0 Å². The Morgan fingerprint density at radius 3 is 2.83 bits per heavy atom. The number of aliphatic hydroxyl groups excluding tert-OH is 1. The van der Waals surface area contributed by atoms with Crippen LogP contribution in [-0.4, -0.2) is 38.8 Å². The molecule has 7 heteroatoms. The highest BCUT2D eigenvalue weighted by Gasteiger charge is 2.23. The number of aromatic nitrogens is 3. The van der Waals surface area contributed by atoms with Gasteiger partial charge in [0.05, 0.1) is 33.7 Å². The second-order valence-corrected chi connectivity index (χ2v) is 6.40. The Hall–Kier alpha value is -1.82. The number of β-amino-alcohol motifs (C(OH)–C–C–N with tert-alkyl or cyclic N) is 1. The molecule has 1 aromatic carbocycles. The van der Waals surface area contributed by atoms with Gasteiger partial charge in [0.2, 0.25) is 0 Å². The Bertz CT molecular complexity index is 866. The van der Waals surface area contributed by atoms with Gasteiger partial charge in [-0.1, -0.05) is 23.2 Å². The monoisotopic (exact) mass is 348 g/mol. The molecule has 3 heterocycles. The Balaban J connectivity index is 1.96. The number of benzene rings is 1. The third-order valence-corrected chi connectivity index (χ3v) is 4.90. The van der Waals surface area contributed by atoms with Gasteiger partial charge >= 0.3 is 0 Å². The first-order chi connectivity index (χ1) is 11.1. The van der Waals surface area contributed by atoms with Crippen LogP contribution in [0.25, 0.3) is 16.6 Å². The molecular formula is C16H14Cl2N4O. The molecule has 5 nitrogen and oxygen atoms in total. The number of nitrogens with zero attached hydrogens (tertiary/aromatic N) is 4. The largest absolute Gasteiger partial charge is 0.391 e. The number of hydrogen-bond acceptors (Lipinski definition) is 4. The fraction of sp³-hybridized carbons (Fsp3) is 0.250.